The van der Waals surface area contributed by atoms with Gasteiger partial charge in [0, 0.05) is 25.0 Å². The molecule has 0 aromatic carbocycles. The SMILES string of the molecule is NC1CCc2c(C(=O)O)nc(C3CCNC3)n2C1. The topological polar surface area (TPSA) is 93.2 Å². The molecular weight excluding hydrogens is 232 g/mol. The third kappa shape index (κ3) is 1.81. The summed E-state index contributed by atoms with van der Waals surface area (Å²) in [4.78, 5) is 15.6. The molecule has 2 aliphatic heterocycles. The summed E-state index contributed by atoms with van der Waals surface area (Å²) in [5.74, 6) is 0.302. The number of nitrogens with one attached hydrogen (secondary N) is 1. The lowest BCUT2D eigenvalue weighted by atomic mass is 10.0. The van der Waals surface area contributed by atoms with Crippen molar-refractivity contribution in [2.75, 3.05) is 13.1 Å². The zero-order valence-corrected chi connectivity index (χ0v) is 10.2. The van der Waals surface area contributed by atoms with E-state index in [4.69, 9.17) is 5.73 Å². The molecule has 1 aromatic rings. The number of carboxylic acids is 1. The van der Waals surface area contributed by atoms with Crippen LogP contribution in [0.15, 0.2) is 0 Å². The number of aromatic nitrogens is 2. The average Bonchev–Trinajstić information content (AvgIpc) is 2.93. The van der Waals surface area contributed by atoms with Crippen LogP contribution < -0.4 is 11.1 Å². The van der Waals surface area contributed by atoms with Gasteiger partial charge in [0.05, 0.1) is 5.69 Å². The third-order valence-corrected chi connectivity index (χ3v) is 3.90. The highest BCUT2D eigenvalue weighted by Crippen LogP contribution is 2.28. The summed E-state index contributed by atoms with van der Waals surface area (Å²) in [6.45, 7) is 2.55. The zero-order valence-electron chi connectivity index (χ0n) is 10.2. The Balaban J connectivity index is 2.05. The number of fused-ring (bicyclic) bond motifs is 1. The molecule has 3 rings (SSSR count). The van der Waals surface area contributed by atoms with Crippen molar-refractivity contribution in [1.82, 2.24) is 14.9 Å². The molecule has 2 unspecified atom stereocenters. The lowest BCUT2D eigenvalue weighted by molar-refractivity contribution is 0.0689. The zero-order chi connectivity index (χ0) is 12.7. The molecule has 6 heteroatoms. The number of imidazole rings is 1. The molecule has 0 radical (unpaired) electrons. The van der Waals surface area contributed by atoms with Crippen molar-refractivity contribution in [3.63, 3.8) is 0 Å². The van der Waals surface area contributed by atoms with Gasteiger partial charge in [0.25, 0.3) is 0 Å². The fourth-order valence-corrected chi connectivity index (χ4v) is 2.97. The van der Waals surface area contributed by atoms with E-state index in [1.165, 1.54) is 0 Å². The van der Waals surface area contributed by atoms with E-state index in [0.29, 0.717) is 12.5 Å². The van der Waals surface area contributed by atoms with Crippen molar-refractivity contribution in [1.29, 1.82) is 0 Å². The lowest BCUT2D eigenvalue weighted by Gasteiger charge is -2.23. The molecule has 1 fully saturated rings. The van der Waals surface area contributed by atoms with Gasteiger partial charge in [-0.1, -0.05) is 0 Å². The maximum absolute atomic E-state index is 11.3. The van der Waals surface area contributed by atoms with Gasteiger partial charge < -0.3 is 20.7 Å². The average molecular weight is 250 g/mol. The molecule has 0 aliphatic carbocycles. The predicted octanol–water partition coefficient (Wildman–Crippen LogP) is -0.0683. The van der Waals surface area contributed by atoms with E-state index in [1.54, 1.807) is 0 Å². The maximum atomic E-state index is 11.3. The van der Waals surface area contributed by atoms with Gasteiger partial charge in [0.1, 0.15) is 5.82 Å². The standard InChI is InChI=1S/C12H18N4O2/c13-8-1-2-9-10(12(17)18)15-11(16(9)6-8)7-3-4-14-5-7/h7-8,14H,1-6,13H2,(H,17,18). The molecule has 6 nitrogen and oxygen atoms in total. The molecule has 0 saturated carbocycles. The minimum atomic E-state index is -0.925. The van der Waals surface area contributed by atoms with Gasteiger partial charge in [-0.2, -0.15) is 0 Å². The molecule has 2 aliphatic rings. The number of aromatic carboxylic acids is 1. The lowest BCUT2D eigenvalue weighted by Crippen LogP contribution is -2.33. The number of rotatable bonds is 2. The van der Waals surface area contributed by atoms with Crippen molar-refractivity contribution in [3.05, 3.63) is 17.2 Å². The summed E-state index contributed by atoms with van der Waals surface area (Å²) in [5.41, 5.74) is 7.07. The van der Waals surface area contributed by atoms with Crippen LogP contribution in [0.3, 0.4) is 0 Å². The van der Waals surface area contributed by atoms with Gasteiger partial charge in [0.15, 0.2) is 5.69 Å². The predicted molar refractivity (Wildman–Crippen MR) is 65.7 cm³/mol. The van der Waals surface area contributed by atoms with Crippen LogP contribution >= 0.6 is 0 Å². The van der Waals surface area contributed by atoms with E-state index in [9.17, 15) is 9.90 Å². The fourth-order valence-electron chi connectivity index (χ4n) is 2.97. The van der Waals surface area contributed by atoms with Crippen LogP contribution in [0.5, 0.6) is 0 Å². The van der Waals surface area contributed by atoms with Gasteiger partial charge in [-0.25, -0.2) is 9.78 Å². The minimum Gasteiger partial charge on any atom is -0.476 e. The molecular formula is C12H18N4O2. The number of nitrogens with two attached hydrogens (primary N) is 1. The molecule has 4 N–H and O–H groups in total. The van der Waals surface area contributed by atoms with Gasteiger partial charge in [0.2, 0.25) is 0 Å². The molecule has 2 atom stereocenters. The first kappa shape index (κ1) is 11.7. The molecule has 0 spiro atoms. The van der Waals surface area contributed by atoms with Gasteiger partial charge >= 0.3 is 5.97 Å². The Morgan fingerprint density at radius 1 is 1.50 bits per heavy atom. The van der Waals surface area contributed by atoms with Crippen LogP contribution in [0, 0.1) is 0 Å². The number of carbonyl (C=O) groups is 1. The van der Waals surface area contributed by atoms with E-state index in [2.05, 4.69) is 14.9 Å². The minimum absolute atomic E-state index is 0.112. The molecule has 0 amide bonds. The highest BCUT2D eigenvalue weighted by atomic mass is 16.4. The second kappa shape index (κ2) is 4.37. The summed E-state index contributed by atoms with van der Waals surface area (Å²) >= 11 is 0. The third-order valence-electron chi connectivity index (χ3n) is 3.90. The number of nitrogens with zero attached hydrogens (tertiary/aromatic N) is 2. The first-order chi connectivity index (χ1) is 8.66. The van der Waals surface area contributed by atoms with Crippen LogP contribution in [0.2, 0.25) is 0 Å². The molecule has 18 heavy (non-hydrogen) atoms. The Kier molecular flexibility index (Phi) is 2.83. The van der Waals surface area contributed by atoms with E-state index in [-0.39, 0.29) is 11.7 Å². The number of hydrogen-bond donors (Lipinski definition) is 3. The summed E-state index contributed by atoms with van der Waals surface area (Å²) in [5, 5.41) is 12.5. The first-order valence-electron chi connectivity index (χ1n) is 6.45. The van der Waals surface area contributed by atoms with Gasteiger partial charge in [-0.3, -0.25) is 0 Å². The maximum Gasteiger partial charge on any atom is 0.356 e. The molecule has 1 saturated heterocycles. The normalized spacial score (nSPS) is 27.2. The number of carboxylic acid groups (broad SMARTS) is 1. The smallest absolute Gasteiger partial charge is 0.356 e. The summed E-state index contributed by atoms with van der Waals surface area (Å²) < 4.78 is 2.05. The number of hydrogen-bond acceptors (Lipinski definition) is 4. The van der Waals surface area contributed by atoms with Crippen molar-refractivity contribution in [2.45, 2.75) is 37.8 Å². The summed E-state index contributed by atoms with van der Waals surface area (Å²) in [6.07, 6.45) is 2.58. The van der Waals surface area contributed by atoms with Crippen molar-refractivity contribution in [2.24, 2.45) is 5.73 Å². The summed E-state index contributed by atoms with van der Waals surface area (Å²) in [7, 11) is 0. The Labute approximate surface area is 105 Å². The Hall–Kier alpha value is -1.40. The molecule has 98 valence electrons. The Morgan fingerprint density at radius 2 is 2.33 bits per heavy atom. The van der Waals surface area contributed by atoms with E-state index < -0.39 is 5.97 Å². The van der Waals surface area contributed by atoms with E-state index in [1.807, 2.05) is 0 Å². The summed E-state index contributed by atoms with van der Waals surface area (Å²) in [6, 6.07) is 0.112. The van der Waals surface area contributed by atoms with Crippen molar-refractivity contribution in [3.8, 4) is 0 Å². The highest BCUT2D eigenvalue weighted by Gasteiger charge is 2.31. The van der Waals surface area contributed by atoms with Crippen molar-refractivity contribution >= 4 is 5.97 Å². The fraction of sp³-hybridized carbons (Fsp3) is 0.667. The van der Waals surface area contributed by atoms with Gasteiger partial charge in [-0.05, 0) is 25.8 Å². The van der Waals surface area contributed by atoms with Gasteiger partial charge in [-0.15, -0.1) is 0 Å². The molecule has 0 bridgehead atoms. The van der Waals surface area contributed by atoms with Crippen LogP contribution in [0.4, 0.5) is 0 Å². The van der Waals surface area contributed by atoms with Crippen LogP contribution in [0.25, 0.3) is 0 Å². The Morgan fingerprint density at radius 3 is 3.00 bits per heavy atom. The van der Waals surface area contributed by atoms with Crippen LogP contribution in [-0.4, -0.2) is 39.8 Å². The largest absolute Gasteiger partial charge is 0.476 e. The van der Waals surface area contributed by atoms with Crippen LogP contribution in [0.1, 0.15) is 40.8 Å². The quantitative estimate of drug-likeness (QED) is 0.683. The molecule has 3 heterocycles. The monoisotopic (exact) mass is 250 g/mol. The second-order valence-corrected chi connectivity index (χ2v) is 5.17. The van der Waals surface area contributed by atoms with E-state index in [0.717, 1.165) is 43.9 Å². The van der Waals surface area contributed by atoms with Crippen molar-refractivity contribution < 1.29 is 9.90 Å². The molecule has 1 aromatic heterocycles. The van der Waals surface area contributed by atoms with E-state index >= 15 is 0 Å². The highest BCUT2D eigenvalue weighted by molar-refractivity contribution is 5.87. The van der Waals surface area contributed by atoms with Crippen LogP contribution in [-0.2, 0) is 13.0 Å². The Bertz CT molecular complexity index is 477. The first-order valence-corrected chi connectivity index (χ1v) is 6.45. The second-order valence-electron chi connectivity index (χ2n) is 5.17.